The van der Waals surface area contributed by atoms with Crippen LogP contribution in [-0.4, -0.2) is 28.6 Å². The molecule has 0 aromatic heterocycles. The first kappa shape index (κ1) is 15.0. The van der Waals surface area contributed by atoms with E-state index in [1.807, 2.05) is 6.92 Å². The summed E-state index contributed by atoms with van der Waals surface area (Å²) in [5.74, 6) is -1.51. The highest BCUT2D eigenvalue weighted by atomic mass is 19.1. The third kappa shape index (κ3) is 4.63. The number of non-ortho nitro benzene ring substituents is 1. The van der Waals surface area contributed by atoms with Crippen molar-refractivity contribution in [2.24, 2.45) is 0 Å². The van der Waals surface area contributed by atoms with Gasteiger partial charge in [0, 0.05) is 18.2 Å². The molecule has 1 aromatic rings. The number of benzene rings is 1. The van der Waals surface area contributed by atoms with Crippen molar-refractivity contribution in [2.75, 3.05) is 6.54 Å². The Hall–Kier alpha value is -2.02. The van der Waals surface area contributed by atoms with E-state index in [1.54, 1.807) is 0 Å². The molecular weight excluding hydrogens is 255 g/mol. The molecule has 1 aromatic carbocycles. The molecule has 0 radical (unpaired) electrons. The summed E-state index contributed by atoms with van der Waals surface area (Å²) in [6, 6.07) is 2.64. The van der Waals surface area contributed by atoms with Gasteiger partial charge < -0.3 is 10.4 Å². The van der Waals surface area contributed by atoms with Gasteiger partial charge in [0.2, 0.25) is 0 Å². The van der Waals surface area contributed by atoms with Crippen molar-refractivity contribution in [3.63, 3.8) is 0 Å². The van der Waals surface area contributed by atoms with Crippen LogP contribution in [0, 0.1) is 15.9 Å². The fourth-order valence-electron chi connectivity index (χ4n) is 1.56. The maximum Gasteiger partial charge on any atom is 0.273 e. The second-order valence-corrected chi connectivity index (χ2v) is 4.11. The number of nitro benzene ring substituents is 1. The lowest BCUT2D eigenvalue weighted by atomic mass is 10.1. The summed E-state index contributed by atoms with van der Waals surface area (Å²) >= 11 is 0. The van der Waals surface area contributed by atoms with E-state index >= 15 is 0 Å². The number of aliphatic hydroxyl groups is 1. The fraction of sp³-hybridized carbons (Fsp3) is 0.417. The molecular formula is C12H15FN2O4. The van der Waals surface area contributed by atoms with Gasteiger partial charge in [-0.1, -0.05) is 13.3 Å². The first-order chi connectivity index (χ1) is 8.93. The topological polar surface area (TPSA) is 92.5 Å². The van der Waals surface area contributed by atoms with Crippen LogP contribution in [0.3, 0.4) is 0 Å². The van der Waals surface area contributed by atoms with E-state index in [2.05, 4.69) is 5.32 Å². The minimum Gasteiger partial charge on any atom is -0.391 e. The van der Waals surface area contributed by atoms with E-state index in [1.165, 1.54) is 0 Å². The first-order valence-electron chi connectivity index (χ1n) is 5.85. The number of carbonyl (C=O) groups excluding carboxylic acids is 1. The molecule has 1 amide bonds. The first-order valence-corrected chi connectivity index (χ1v) is 5.85. The fourth-order valence-corrected chi connectivity index (χ4v) is 1.56. The van der Waals surface area contributed by atoms with Crippen LogP contribution in [0.5, 0.6) is 0 Å². The molecule has 1 atom stereocenters. The van der Waals surface area contributed by atoms with Gasteiger partial charge in [0.15, 0.2) is 0 Å². The molecule has 0 bridgehead atoms. The number of halogens is 1. The molecule has 19 heavy (non-hydrogen) atoms. The molecule has 0 saturated heterocycles. The van der Waals surface area contributed by atoms with Crippen molar-refractivity contribution in [2.45, 2.75) is 25.9 Å². The molecule has 0 aliphatic heterocycles. The maximum absolute atomic E-state index is 13.1. The second kappa shape index (κ2) is 6.79. The molecule has 7 heteroatoms. The quantitative estimate of drug-likeness (QED) is 0.607. The number of hydrogen-bond donors (Lipinski definition) is 2. The van der Waals surface area contributed by atoms with Crippen molar-refractivity contribution < 1.29 is 19.2 Å². The lowest BCUT2D eigenvalue weighted by Gasteiger charge is -2.10. The second-order valence-electron chi connectivity index (χ2n) is 4.11. The van der Waals surface area contributed by atoms with Gasteiger partial charge >= 0.3 is 0 Å². The third-order valence-electron chi connectivity index (χ3n) is 2.48. The lowest BCUT2D eigenvalue weighted by Crippen LogP contribution is -2.32. The number of aliphatic hydroxyl groups excluding tert-OH is 1. The van der Waals surface area contributed by atoms with Gasteiger partial charge in [-0.3, -0.25) is 14.9 Å². The zero-order valence-corrected chi connectivity index (χ0v) is 10.4. The summed E-state index contributed by atoms with van der Waals surface area (Å²) in [6.07, 6.45) is 0.615. The van der Waals surface area contributed by atoms with Crippen LogP contribution in [0.25, 0.3) is 0 Å². The molecule has 0 fully saturated rings. The lowest BCUT2D eigenvalue weighted by molar-refractivity contribution is -0.385. The standard InChI is InChI=1S/C12H15FN2O4/c1-2-3-11(16)7-14-12(17)8-4-9(13)6-10(5-8)15(18)19/h4-6,11,16H,2-3,7H2,1H3,(H,14,17). The van der Waals surface area contributed by atoms with E-state index in [4.69, 9.17) is 0 Å². The number of rotatable bonds is 6. The van der Waals surface area contributed by atoms with E-state index in [0.29, 0.717) is 6.42 Å². The predicted molar refractivity (Wildman–Crippen MR) is 66.3 cm³/mol. The monoisotopic (exact) mass is 270 g/mol. The van der Waals surface area contributed by atoms with Gasteiger partial charge in [-0.25, -0.2) is 4.39 Å². The van der Waals surface area contributed by atoms with Crippen LogP contribution in [0.1, 0.15) is 30.1 Å². The van der Waals surface area contributed by atoms with Gasteiger partial charge in [-0.15, -0.1) is 0 Å². The van der Waals surface area contributed by atoms with Crippen LogP contribution >= 0.6 is 0 Å². The van der Waals surface area contributed by atoms with E-state index < -0.39 is 28.4 Å². The number of hydrogen-bond acceptors (Lipinski definition) is 4. The molecule has 6 nitrogen and oxygen atoms in total. The number of carbonyl (C=O) groups is 1. The molecule has 0 saturated carbocycles. The highest BCUT2D eigenvalue weighted by Gasteiger charge is 2.15. The normalized spacial score (nSPS) is 11.9. The molecule has 104 valence electrons. The third-order valence-corrected chi connectivity index (χ3v) is 2.48. The highest BCUT2D eigenvalue weighted by molar-refractivity contribution is 5.94. The Bertz CT molecular complexity index is 479. The average molecular weight is 270 g/mol. The molecule has 0 spiro atoms. The average Bonchev–Trinajstić information content (AvgIpc) is 2.35. The van der Waals surface area contributed by atoms with E-state index in [9.17, 15) is 24.4 Å². The summed E-state index contributed by atoms with van der Waals surface area (Å²) in [6.45, 7) is 1.91. The zero-order chi connectivity index (χ0) is 14.4. The number of nitro groups is 1. The van der Waals surface area contributed by atoms with Crippen LogP contribution in [0.2, 0.25) is 0 Å². The maximum atomic E-state index is 13.1. The van der Waals surface area contributed by atoms with Gasteiger partial charge in [0.05, 0.1) is 17.1 Å². The minimum atomic E-state index is -0.853. The molecule has 0 heterocycles. The van der Waals surface area contributed by atoms with Crippen molar-refractivity contribution in [1.29, 1.82) is 0 Å². The molecule has 0 aliphatic rings. The summed E-state index contributed by atoms with van der Waals surface area (Å²) < 4.78 is 13.1. The van der Waals surface area contributed by atoms with Crippen LogP contribution in [-0.2, 0) is 0 Å². The number of amides is 1. The van der Waals surface area contributed by atoms with Crippen LogP contribution < -0.4 is 5.32 Å². The highest BCUT2D eigenvalue weighted by Crippen LogP contribution is 2.16. The molecule has 1 rings (SSSR count). The van der Waals surface area contributed by atoms with E-state index in [-0.39, 0.29) is 12.1 Å². The Balaban J connectivity index is 2.74. The van der Waals surface area contributed by atoms with Gasteiger partial charge in [-0.05, 0) is 12.5 Å². The molecule has 0 aliphatic carbocycles. The van der Waals surface area contributed by atoms with Crippen molar-refractivity contribution in [3.05, 3.63) is 39.7 Å². The predicted octanol–water partition coefficient (Wildman–Crippen LogP) is 1.62. The van der Waals surface area contributed by atoms with Gasteiger partial charge in [0.25, 0.3) is 11.6 Å². The molecule has 1 unspecified atom stereocenters. The molecule has 2 N–H and O–H groups in total. The largest absolute Gasteiger partial charge is 0.391 e. The SMILES string of the molecule is CCCC(O)CNC(=O)c1cc(F)cc([N+](=O)[O-])c1. The Labute approximate surface area is 109 Å². The summed E-state index contributed by atoms with van der Waals surface area (Å²) in [5.41, 5.74) is -0.630. The van der Waals surface area contributed by atoms with Crippen molar-refractivity contribution in [1.82, 2.24) is 5.32 Å². The van der Waals surface area contributed by atoms with Gasteiger partial charge in [-0.2, -0.15) is 0 Å². The van der Waals surface area contributed by atoms with E-state index in [0.717, 1.165) is 24.6 Å². The Morgan fingerprint density at radius 2 is 2.21 bits per heavy atom. The van der Waals surface area contributed by atoms with Crippen LogP contribution in [0.15, 0.2) is 18.2 Å². The van der Waals surface area contributed by atoms with Gasteiger partial charge in [0.1, 0.15) is 5.82 Å². The summed E-state index contributed by atoms with van der Waals surface area (Å²) in [7, 11) is 0. The Morgan fingerprint density at radius 1 is 1.53 bits per heavy atom. The number of nitrogens with one attached hydrogen (secondary N) is 1. The van der Waals surface area contributed by atoms with Crippen LogP contribution in [0.4, 0.5) is 10.1 Å². The minimum absolute atomic E-state index is 0.0248. The number of nitrogens with zero attached hydrogens (tertiary/aromatic N) is 1. The zero-order valence-electron chi connectivity index (χ0n) is 10.4. The summed E-state index contributed by atoms with van der Waals surface area (Å²) in [5, 5.41) is 22.4. The van der Waals surface area contributed by atoms with Crippen molar-refractivity contribution in [3.8, 4) is 0 Å². The Morgan fingerprint density at radius 3 is 2.79 bits per heavy atom. The smallest absolute Gasteiger partial charge is 0.273 e. The summed E-state index contributed by atoms with van der Waals surface area (Å²) in [4.78, 5) is 21.4. The van der Waals surface area contributed by atoms with Crippen molar-refractivity contribution >= 4 is 11.6 Å². The Kier molecular flexibility index (Phi) is 5.37.